The number of ether oxygens (including phenoxy) is 1. The molecule has 6 heteroatoms. The van der Waals surface area contributed by atoms with Crippen LogP contribution < -0.4 is 10.3 Å². The van der Waals surface area contributed by atoms with E-state index in [1.54, 1.807) is 31.2 Å². The Morgan fingerprint density at radius 1 is 1.20 bits per heavy atom. The zero-order valence-electron chi connectivity index (χ0n) is 10.6. The van der Waals surface area contributed by atoms with Crippen molar-refractivity contribution in [1.29, 1.82) is 0 Å². The van der Waals surface area contributed by atoms with Gasteiger partial charge in [-0.25, -0.2) is 0 Å². The van der Waals surface area contributed by atoms with Crippen molar-refractivity contribution in [2.45, 2.75) is 13.1 Å². The third-order valence-corrected chi connectivity index (χ3v) is 2.65. The van der Waals surface area contributed by atoms with Crippen LogP contribution in [0.3, 0.4) is 0 Å². The van der Waals surface area contributed by atoms with Crippen LogP contribution in [-0.2, 0) is 6.18 Å². The quantitative estimate of drug-likeness (QED) is 0.937. The molecule has 106 valence electrons. The molecule has 0 fully saturated rings. The van der Waals surface area contributed by atoms with Gasteiger partial charge in [-0.05, 0) is 25.1 Å². The molecular weight excluding hydrogens is 271 g/mol. The van der Waals surface area contributed by atoms with Crippen LogP contribution in [0.5, 0.6) is 5.75 Å². The van der Waals surface area contributed by atoms with Crippen LogP contribution in [0.4, 0.5) is 13.2 Å². The van der Waals surface area contributed by atoms with E-state index in [0.29, 0.717) is 24.0 Å². The van der Waals surface area contributed by atoms with E-state index in [1.807, 2.05) is 0 Å². The van der Waals surface area contributed by atoms with Gasteiger partial charge in [-0.15, -0.1) is 0 Å². The number of halogens is 3. The summed E-state index contributed by atoms with van der Waals surface area (Å²) in [7, 11) is 0. The lowest BCUT2D eigenvalue weighted by Gasteiger charge is -2.12. The maximum atomic E-state index is 12.7. The maximum absolute atomic E-state index is 12.7. The van der Waals surface area contributed by atoms with Crippen molar-refractivity contribution in [1.82, 2.24) is 4.98 Å². The number of hydrogen-bond donors (Lipinski definition) is 1. The van der Waals surface area contributed by atoms with Gasteiger partial charge in [0.2, 0.25) is 5.56 Å². The molecule has 1 aromatic heterocycles. The zero-order valence-corrected chi connectivity index (χ0v) is 10.6. The summed E-state index contributed by atoms with van der Waals surface area (Å²) in [5.41, 5.74) is -1.30. The molecule has 0 unspecified atom stereocenters. The van der Waals surface area contributed by atoms with E-state index in [-0.39, 0.29) is 5.69 Å². The van der Waals surface area contributed by atoms with Crippen LogP contribution in [0.25, 0.3) is 11.3 Å². The lowest BCUT2D eigenvalue weighted by molar-refractivity contribution is -0.137. The van der Waals surface area contributed by atoms with Gasteiger partial charge in [0.1, 0.15) is 5.75 Å². The first-order valence-electron chi connectivity index (χ1n) is 5.95. The monoisotopic (exact) mass is 283 g/mol. The average Bonchev–Trinajstić information content (AvgIpc) is 2.38. The van der Waals surface area contributed by atoms with Gasteiger partial charge in [0, 0.05) is 11.6 Å². The first-order chi connectivity index (χ1) is 9.41. The second-order valence-electron chi connectivity index (χ2n) is 4.07. The Morgan fingerprint density at radius 3 is 2.55 bits per heavy atom. The number of alkyl halides is 3. The Morgan fingerprint density at radius 2 is 1.90 bits per heavy atom. The van der Waals surface area contributed by atoms with Gasteiger partial charge in [0.25, 0.3) is 0 Å². The number of aromatic nitrogens is 1. The molecule has 0 bridgehead atoms. The molecule has 0 aliphatic carbocycles. The number of pyridine rings is 1. The van der Waals surface area contributed by atoms with Gasteiger partial charge >= 0.3 is 6.18 Å². The SMILES string of the molecule is CCOc1ccccc1-c1cc(C(F)(F)F)cc(=O)[nH]1. The maximum Gasteiger partial charge on any atom is 0.416 e. The third-order valence-electron chi connectivity index (χ3n) is 2.65. The van der Waals surface area contributed by atoms with Gasteiger partial charge in [0.15, 0.2) is 0 Å². The number of benzene rings is 1. The lowest BCUT2D eigenvalue weighted by Crippen LogP contribution is -2.14. The molecule has 1 N–H and O–H groups in total. The molecule has 20 heavy (non-hydrogen) atoms. The normalized spacial score (nSPS) is 11.4. The van der Waals surface area contributed by atoms with Crippen LogP contribution in [0, 0.1) is 0 Å². The van der Waals surface area contributed by atoms with E-state index < -0.39 is 17.3 Å². The molecule has 0 saturated carbocycles. The first-order valence-corrected chi connectivity index (χ1v) is 5.95. The molecule has 3 nitrogen and oxygen atoms in total. The highest BCUT2D eigenvalue weighted by Gasteiger charge is 2.31. The Kier molecular flexibility index (Phi) is 3.83. The van der Waals surface area contributed by atoms with Crippen LogP contribution >= 0.6 is 0 Å². The molecule has 2 rings (SSSR count). The minimum Gasteiger partial charge on any atom is -0.493 e. The average molecular weight is 283 g/mol. The summed E-state index contributed by atoms with van der Waals surface area (Å²) in [4.78, 5) is 13.8. The second kappa shape index (κ2) is 5.40. The highest BCUT2D eigenvalue weighted by molar-refractivity contribution is 5.67. The smallest absolute Gasteiger partial charge is 0.416 e. The fourth-order valence-corrected chi connectivity index (χ4v) is 1.82. The third kappa shape index (κ3) is 3.01. The van der Waals surface area contributed by atoms with Crippen LogP contribution in [0.15, 0.2) is 41.2 Å². The fraction of sp³-hybridized carbons (Fsp3) is 0.214. The van der Waals surface area contributed by atoms with Gasteiger partial charge in [-0.1, -0.05) is 12.1 Å². The van der Waals surface area contributed by atoms with E-state index in [1.165, 1.54) is 0 Å². The number of H-pyrrole nitrogens is 1. The molecule has 0 atom stereocenters. The van der Waals surface area contributed by atoms with Crippen molar-refractivity contribution in [3.63, 3.8) is 0 Å². The van der Waals surface area contributed by atoms with E-state index in [2.05, 4.69) is 4.98 Å². The highest BCUT2D eigenvalue weighted by atomic mass is 19.4. The van der Waals surface area contributed by atoms with E-state index >= 15 is 0 Å². The van der Waals surface area contributed by atoms with Gasteiger partial charge in [-0.3, -0.25) is 4.79 Å². The van der Waals surface area contributed by atoms with Gasteiger partial charge in [-0.2, -0.15) is 13.2 Å². The molecule has 0 aliphatic rings. The number of nitrogens with one attached hydrogen (secondary N) is 1. The number of hydrogen-bond acceptors (Lipinski definition) is 2. The van der Waals surface area contributed by atoms with Crippen molar-refractivity contribution in [2.24, 2.45) is 0 Å². The fourth-order valence-electron chi connectivity index (χ4n) is 1.82. The number of aromatic amines is 1. The molecule has 0 radical (unpaired) electrons. The highest BCUT2D eigenvalue weighted by Crippen LogP contribution is 2.33. The molecule has 0 amide bonds. The molecule has 2 aromatic rings. The molecule has 0 spiro atoms. The summed E-state index contributed by atoms with van der Waals surface area (Å²) in [5, 5.41) is 0. The van der Waals surface area contributed by atoms with Crippen molar-refractivity contribution in [3.8, 4) is 17.0 Å². The molecular formula is C14H12F3NO2. The molecule has 1 aromatic carbocycles. The topological polar surface area (TPSA) is 42.1 Å². The summed E-state index contributed by atoms with van der Waals surface area (Å²) in [5.74, 6) is 0.421. The molecule has 0 saturated heterocycles. The number of para-hydroxylation sites is 1. The summed E-state index contributed by atoms with van der Waals surface area (Å²) < 4.78 is 43.5. The van der Waals surface area contributed by atoms with Crippen LogP contribution in [-0.4, -0.2) is 11.6 Å². The lowest BCUT2D eigenvalue weighted by atomic mass is 10.1. The Labute approximate surface area is 113 Å². The summed E-state index contributed by atoms with van der Waals surface area (Å²) in [6.07, 6.45) is -4.57. The van der Waals surface area contributed by atoms with E-state index in [4.69, 9.17) is 4.74 Å². The van der Waals surface area contributed by atoms with Crippen molar-refractivity contribution in [3.05, 3.63) is 52.3 Å². The van der Waals surface area contributed by atoms with Gasteiger partial charge < -0.3 is 9.72 Å². The predicted molar refractivity (Wildman–Crippen MR) is 68.7 cm³/mol. The summed E-state index contributed by atoms with van der Waals surface area (Å²) in [6, 6.07) is 8.04. The van der Waals surface area contributed by atoms with E-state index in [0.717, 1.165) is 6.07 Å². The largest absolute Gasteiger partial charge is 0.493 e. The summed E-state index contributed by atoms with van der Waals surface area (Å²) >= 11 is 0. The first kappa shape index (κ1) is 14.2. The Bertz CT molecular complexity index is 662. The Balaban J connectivity index is 2.59. The Hall–Kier alpha value is -2.24. The predicted octanol–water partition coefficient (Wildman–Crippen LogP) is 3.46. The van der Waals surface area contributed by atoms with Crippen molar-refractivity contribution >= 4 is 0 Å². The zero-order chi connectivity index (χ0) is 14.8. The second-order valence-corrected chi connectivity index (χ2v) is 4.07. The minimum atomic E-state index is -4.57. The van der Waals surface area contributed by atoms with E-state index in [9.17, 15) is 18.0 Å². The molecule has 0 aliphatic heterocycles. The van der Waals surface area contributed by atoms with Crippen molar-refractivity contribution in [2.75, 3.05) is 6.61 Å². The standard InChI is InChI=1S/C14H12F3NO2/c1-2-20-12-6-4-3-5-10(12)11-7-9(14(15,16)17)8-13(19)18-11/h3-8H,2H2,1H3,(H,18,19). The van der Waals surface area contributed by atoms with Crippen LogP contribution in [0.2, 0.25) is 0 Å². The minimum absolute atomic E-state index is 0.0777. The summed E-state index contributed by atoms with van der Waals surface area (Å²) in [6.45, 7) is 2.14. The number of rotatable bonds is 3. The van der Waals surface area contributed by atoms with Crippen molar-refractivity contribution < 1.29 is 17.9 Å². The molecule has 1 heterocycles. The van der Waals surface area contributed by atoms with Gasteiger partial charge in [0.05, 0.1) is 17.9 Å². The van der Waals surface area contributed by atoms with Crippen LogP contribution in [0.1, 0.15) is 12.5 Å².